The molecule has 1 fully saturated rings. The van der Waals surface area contributed by atoms with Gasteiger partial charge in [-0.25, -0.2) is 0 Å². The molecule has 0 spiro atoms. The van der Waals surface area contributed by atoms with Crippen LogP contribution in [0.1, 0.15) is 12.0 Å². The van der Waals surface area contributed by atoms with Crippen molar-refractivity contribution in [1.82, 2.24) is 0 Å². The number of anilines is 1. The first-order chi connectivity index (χ1) is 8.50. The monoisotopic (exact) mass is 250 g/mol. The number of carbonyl (C=O) groups is 1. The maximum absolute atomic E-state index is 10.9. The van der Waals surface area contributed by atoms with Crippen LogP contribution in [0, 0.1) is 23.0 Å². The Morgan fingerprint density at radius 1 is 1.56 bits per heavy atom. The van der Waals surface area contributed by atoms with Gasteiger partial charge in [-0.2, -0.15) is 0 Å². The molecule has 1 saturated heterocycles. The highest BCUT2D eigenvalue weighted by molar-refractivity contribution is 5.73. The van der Waals surface area contributed by atoms with Gasteiger partial charge in [-0.15, -0.1) is 0 Å². The SMILES string of the molecule is Cc1c(N2CCC(C(=O)O)C2)cccc1[N+](=O)[O-]. The van der Waals surface area contributed by atoms with Gasteiger partial charge < -0.3 is 10.0 Å². The van der Waals surface area contributed by atoms with Crippen LogP contribution in [0.15, 0.2) is 18.2 Å². The molecule has 0 saturated carbocycles. The molecule has 6 heteroatoms. The van der Waals surface area contributed by atoms with Crippen molar-refractivity contribution >= 4 is 17.3 Å². The van der Waals surface area contributed by atoms with E-state index in [1.165, 1.54) is 6.07 Å². The normalized spacial score (nSPS) is 18.9. The number of aliphatic carboxylic acids is 1. The third-order valence-corrected chi connectivity index (χ3v) is 3.35. The lowest BCUT2D eigenvalue weighted by molar-refractivity contribution is -0.385. The molecular weight excluding hydrogens is 236 g/mol. The molecular formula is C12H14N2O4. The van der Waals surface area contributed by atoms with Gasteiger partial charge in [0.2, 0.25) is 0 Å². The first-order valence-corrected chi connectivity index (χ1v) is 5.72. The lowest BCUT2D eigenvalue weighted by Crippen LogP contribution is -2.23. The summed E-state index contributed by atoms with van der Waals surface area (Å²) in [6, 6.07) is 4.89. The van der Waals surface area contributed by atoms with Gasteiger partial charge in [0, 0.05) is 24.8 Å². The zero-order valence-electron chi connectivity index (χ0n) is 10.00. The first-order valence-electron chi connectivity index (χ1n) is 5.72. The minimum Gasteiger partial charge on any atom is -0.481 e. The van der Waals surface area contributed by atoms with Crippen molar-refractivity contribution in [1.29, 1.82) is 0 Å². The van der Waals surface area contributed by atoms with Crippen LogP contribution in [0.2, 0.25) is 0 Å². The maximum atomic E-state index is 10.9. The van der Waals surface area contributed by atoms with E-state index in [-0.39, 0.29) is 11.6 Å². The van der Waals surface area contributed by atoms with Crippen LogP contribution in [0.4, 0.5) is 11.4 Å². The zero-order valence-corrected chi connectivity index (χ0v) is 10.00. The van der Waals surface area contributed by atoms with Crippen molar-refractivity contribution < 1.29 is 14.8 Å². The molecule has 0 bridgehead atoms. The van der Waals surface area contributed by atoms with Gasteiger partial charge in [0.15, 0.2) is 0 Å². The standard InChI is InChI=1S/C12H14N2O4/c1-8-10(3-2-4-11(8)14(17)18)13-6-5-9(7-13)12(15)16/h2-4,9H,5-7H2,1H3,(H,15,16). The Bertz CT molecular complexity index is 501. The minimum atomic E-state index is -0.805. The molecule has 0 radical (unpaired) electrons. The molecule has 1 aliphatic heterocycles. The number of nitro groups is 1. The van der Waals surface area contributed by atoms with Gasteiger partial charge in [0.1, 0.15) is 0 Å². The summed E-state index contributed by atoms with van der Waals surface area (Å²) in [5.74, 6) is -1.19. The third-order valence-electron chi connectivity index (χ3n) is 3.35. The topological polar surface area (TPSA) is 83.7 Å². The number of benzene rings is 1. The van der Waals surface area contributed by atoms with Crippen molar-refractivity contribution in [3.63, 3.8) is 0 Å². The van der Waals surface area contributed by atoms with Gasteiger partial charge in [-0.05, 0) is 19.4 Å². The van der Waals surface area contributed by atoms with E-state index in [0.717, 1.165) is 5.69 Å². The summed E-state index contributed by atoms with van der Waals surface area (Å²) < 4.78 is 0. The van der Waals surface area contributed by atoms with Crippen molar-refractivity contribution in [2.24, 2.45) is 5.92 Å². The summed E-state index contributed by atoms with van der Waals surface area (Å²) in [5.41, 5.74) is 1.42. The van der Waals surface area contributed by atoms with E-state index in [0.29, 0.717) is 25.1 Å². The first kappa shape index (κ1) is 12.3. The maximum Gasteiger partial charge on any atom is 0.308 e. The largest absolute Gasteiger partial charge is 0.481 e. The summed E-state index contributed by atoms with van der Waals surface area (Å²) in [7, 11) is 0. The lowest BCUT2D eigenvalue weighted by Gasteiger charge is -2.20. The highest BCUT2D eigenvalue weighted by Crippen LogP contribution is 2.31. The van der Waals surface area contributed by atoms with Gasteiger partial charge in [-0.1, -0.05) is 6.07 Å². The van der Waals surface area contributed by atoms with Crippen LogP contribution in [0.3, 0.4) is 0 Å². The molecule has 0 aromatic heterocycles. The Balaban J connectivity index is 2.27. The number of rotatable bonds is 3. The summed E-state index contributed by atoms with van der Waals surface area (Å²) in [6.45, 7) is 2.73. The third kappa shape index (κ3) is 2.13. The summed E-state index contributed by atoms with van der Waals surface area (Å²) in [6.07, 6.45) is 0.581. The van der Waals surface area contributed by atoms with Crippen LogP contribution >= 0.6 is 0 Å². The van der Waals surface area contributed by atoms with Crippen molar-refractivity contribution in [3.05, 3.63) is 33.9 Å². The lowest BCUT2D eigenvalue weighted by atomic mass is 10.1. The van der Waals surface area contributed by atoms with Crippen LogP contribution in [0.5, 0.6) is 0 Å². The molecule has 2 rings (SSSR count). The second-order valence-electron chi connectivity index (χ2n) is 4.45. The second-order valence-corrected chi connectivity index (χ2v) is 4.45. The fourth-order valence-electron chi connectivity index (χ4n) is 2.33. The number of carboxylic acid groups (broad SMARTS) is 1. The van der Waals surface area contributed by atoms with E-state index in [2.05, 4.69) is 0 Å². The number of hydrogen-bond acceptors (Lipinski definition) is 4. The van der Waals surface area contributed by atoms with E-state index in [1.807, 2.05) is 4.90 Å². The number of carboxylic acids is 1. The van der Waals surface area contributed by atoms with Crippen LogP contribution < -0.4 is 4.90 Å². The van der Waals surface area contributed by atoms with Crippen LogP contribution in [-0.2, 0) is 4.79 Å². The summed E-state index contributed by atoms with van der Waals surface area (Å²) >= 11 is 0. The van der Waals surface area contributed by atoms with Crippen molar-refractivity contribution in [2.45, 2.75) is 13.3 Å². The Morgan fingerprint density at radius 2 is 2.28 bits per heavy atom. The fraction of sp³-hybridized carbons (Fsp3) is 0.417. The smallest absolute Gasteiger partial charge is 0.308 e. The molecule has 1 atom stereocenters. The molecule has 1 aromatic carbocycles. The Labute approximate surface area is 104 Å². The quantitative estimate of drug-likeness (QED) is 0.653. The number of nitrogens with zero attached hydrogens (tertiary/aromatic N) is 2. The summed E-state index contributed by atoms with van der Waals surface area (Å²) in [4.78, 5) is 23.2. The average Bonchev–Trinajstić information content (AvgIpc) is 2.78. The summed E-state index contributed by atoms with van der Waals surface area (Å²) in [5, 5.41) is 19.8. The molecule has 18 heavy (non-hydrogen) atoms. The van der Waals surface area contributed by atoms with E-state index in [1.54, 1.807) is 19.1 Å². The van der Waals surface area contributed by atoms with E-state index in [4.69, 9.17) is 5.11 Å². The molecule has 0 aliphatic carbocycles. The van der Waals surface area contributed by atoms with Crippen LogP contribution in [0.25, 0.3) is 0 Å². The highest BCUT2D eigenvalue weighted by Gasteiger charge is 2.29. The van der Waals surface area contributed by atoms with Gasteiger partial charge in [0.25, 0.3) is 5.69 Å². The fourth-order valence-corrected chi connectivity index (χ4v) is 2.33. The van der Waals surface area contributed by atoms with Crippen molar-refractivity contribution in [3.8, 4) is 0 Å². The molecule has 1 N–H and O–H groups in total. The predicted octanol–water partition coefficient (Wildman–Crippen LogP) is 1.81. The van der Waals surface area contributed by atoms with Gasteiger partial charge in [-0.3, -0.25) is 14.9 Å². The molecule has 6 nitrogen and oxygen atoms in total. The Hall–Kier alpha value is -2.11. The molecule has 96 valence electrons. The molecule has 1 aliphatic rings. The Morgan fingerprint density at radius 3 is 2.83 bits per heavy atom. The average molecular weight is 250 g/mol. The van der Waals surface area contributed by atoms with E-state index >= 15 is 0 Å². The molecule has 1 unspecified atom stereocenters. The molecule has 1 heterocycles. The van der Waals surface area contributed by atoms with E-state index in [9.17, 15) is 14.9 Å². The predicted molar refractivity (Wildman–Crippen MR) is 65.8 cm³/mol. The number of hydrogen-bond donors (Lipinski definition) is 1. The van der Waals surface area contributed by atoms with Crippen molar-refractivity contribution in [2.75, 3.05) is 18.0 Å². The second kappa shape index (κ2) is 4.64. The van der Waals surface area contributed by atoms with E-state index < -0.39 is 10.9 Å². The highest BCUT2D eigenvalue weighted by atomic mass is 16.6. The zero-order chi connectivity index (χ0) is 13.3. The molecule has 0 amide bonds. The Kier molecular flexibility index (Phi) is 3.18. The number of nitro benzene ring substituents is 1. The minimum absolute atomic E-state index is 0.0753. The molecule has 1 aromatic rings. The van der Waals surface area contributed by atoms with Crippen LogP contribution in [-0.4, -0.2) is 29.1 Å². The van der Waals surface area contributed by atoms with Gasteiger partial charge >= 0.3 is 5.97 Å². The van der Waals surface area contributed by atoms with Gasteiger partial charge in [0.05, 0.1) is 16.4 Å².